The zero-order chi connectivity index (χ0) is 16.2. The lowest BCUT2D eigenvalue weighted by molar-refractivity contribution is 0.0744. The second-order valence-corrected chi connectivity index (χ2v) is 6.74. The number of nitrogens with zero attached hydrogens (tertiary/aromatic N) is 2. The van der Waals surface area contributed by atoms with Crippen LogP contribution in [0.1, 0.15) is 29.3 Å². The molecule has 0 aromatic heterocycles. The lowest BCUT2D eigenvalue weighted by Gasteiger charge is -2.30. The third kappa shape index (κ3) is 3.81. The van der Waals surface area contributed by atoms with Gasteiger partial charge in [0.15, 0.2) is 5.17 Å². The summed E-state index contributed by atoms with van der Waals surface area (Å²) in [6.45, 7) is 3.16. The van der Waals surface area contributed by atoms with Crippen LogP contribution in [-0.2, 0) is 10.3 Å². The van der Waals surface area contributed by atoms with Gasteiger partial charge in [0.05, 0.1) is 12.1 Å². The monoisotopic (exact) mass is 321 g/mol. The normalized spacial score (nSPS) is 21.3. The zero-order valence-corrected chi connectivity index (χ0v) is 14.2. The molecular weight excluding hydrogens is 298 g/mol. The van der Waals surface area contributed by atoms with Gasteiger partial charge in [0.1, 0.15) is 0 Å². The number of thioether (sulfide) groups is 1. The van der Waals surface area contributed by atoms with Gasteiger partial charge in [0.2, 0.25) is 0 Å². The number of carbonyl (C=O) groups is 1. The molecule has 1 atom stereocenters. The molecule has 0 spiro atoms. The van der Waals surface area contributed by atoms with E-state index in [0.717, 1.165) is 17.7 Å². The SMILES string of the molecule is COCCN(C)C(=O)c1cccc(C2(C)CCSC(N)=N2)c1. The number of ether oxygens (including phenoxy) is 1. The molecule has 0 bridgehead atoms. The maximum Gasteiger partial charge on any atom is 0.253 e. The number of amides is 1. The van der Waals surface area contributed by atoms with Gasteiger partial charge in [0, 0.05) is 32.0 Å². The second-order valence-electron chi connectivity index (χ2n) is 5.62. The van der Waals surface area contributed by atoms with Crippen LogP contribution in [-0.4, -0.2) is 49.0 Å². The number of methoxy groups -OCH3 is 1. The Morgan fingerprint density at radius 3 is 3.00 bits per heavy atom. The number of rotatable bonds is 5. The third-order valence-corrected chi connectivity index (χ3v) is 4.70. The Labute approximate surface area is 135 Å². The molecule has 0 saturated heterocycles. The standard InChI is InChI=1S/C16H23N3O2S/c1-16(7-10-22-15(17)18-16)13-6-4-5-12(11-13)14(20)19(2)8-9-21-3/h4-6,11H,7-10H2,1-3H3,(H2,17,18). The predicted molar refractivity (Wildman–Crippen MR) is 91.3 cm³/mol. The second kappa shape index (κ2) is 7.15. The minimum atomic E-state index is -0.350. The molecule has 0 saturated carbocycles. The molecule has 1 aromatic carbocycles. The molecule has 1 heterocycles. The minimum Gasteiger partial charge on any atom is -0.383 e. The minimum absolute atomic E-state index is 0.00960. The average molecular weight is 321 g/mol. The van der Waals surface area contributed by atoms with Crippen LogP contribution in [0, 0.1) is 0 Å². The summed E-state index contributed by atoms with van der Waals surface area (Å²) in [5.74, 6) is 0.933. The van der Waals surface area contributed by atoms with Gasteiger partial charge in [-0.25, -0.2) is 0 Å². The van der Waals surface area contributed by atoms with Crippen molar-refractivity contribution in [2.75, 3.05) is 33.1 Å². The van der Waals surface area contributed by atoms with Crippen LogP contribution in [0.2, 0.25) is 0 Å². The van der Waals surface area contributed by atoms with Gasteiger partial charge in [-0.05, 0) is 31.0 Å². The van der Waals surface area contributed by atoms with Crippen molar-refractivity contribution in [1.82, 2.24) is 4.90 Å². The van der Waals surface area contributed by atoms with Crippen LogP contribution in [0.4, 0.5) is 0 Å². The molecule has 0 aliphatic carbocycles. The number of aliphatic imine (C=N–C) groups is 1. The Morgan fingerprint density at radius 2 is 2.32 bits per heavy atom. The smallest absolute Gasteiger partial charge is 0.253 e. The molecule has 1 aliphatic rings. The summed E-state index contributed by atoms with van der Waals surface area (Å²) in [5.41, 5.74) is 7.22. The predicted octanol–water partition coefficient (Wildman–Crippen LogP) is 2.07. The van der Waals surface area contributed by atoms with Crippen molar-refractivity contribution in [2.24, 2.45) is 10.7 Å². The first kappa shape index (κ1) is 16.8. The van der Waals surface area contributed by atoms with E-state index in [9.17, 15) is 4.79 Å². The van der Waals surface area contributed by atoms with Crippen molar-refractivity contribution in [2.45, 2.75) is 18.9 Å². The van der Waals surface area contributed by atoms with Crippen LogP contribution < -0.4 is 5.73 Å². The highest BCUT2D eigenvalue weighted by molar-refractivity contribution is 8.13. The molecule has 5 nitrogen and oxygen atoms in total. The molecule has 0 radical (unpaired) electrons. The maximum absolute atomic E-state index is 12.5. The number of benzene rings is 1. The molecule has 22 heavy (non-hydrogen) atoms. The molecule has 6 heteroatoms. The third-order valence-electron chi connectivity index (χ3n) is 3.90. The molecule has 0 fully saturated rings. The van der Waals surface area contributed by atoms with Gasteiger partial charge in [0.25, 0.3) is 5.91 Å². The highest BCUT2D eigenvalue weighted by atomic mass is 32.2. The average Bonchev–Trinajstić information content (AvgIpc) is 2.51. The van der Waals surface area contributed by atoms with E-state index in [1.54, 1.807) is 30.8 Å². The fourth-order valence-electron chi connectivity index (χ4n) is 2.43. The Balaban J connectivity index is 2.23. The van der Waals surface area contributed by atoms with Gasteiger partial charge in [-0.2, -0.15) is 0 Å². The van der Waals surface area contributed by atoms with Crippen LogP contribution >= 0.6 is 11.8 Å². The summed E-state index contributed by atoms with van der Waals surface area (Å²) >= 11 is 1.58. The van der Waals surface area contributed by atoms with Crippen molar-refractivity contribution < 1.29 is 9.53 Å². The highest BCUT2D eigenvalue weighted by Gasteiger charge is 2.30. The van der Waals surface area contributed by atoms with Crippen molar-refractivity contribution in [1.29, 1.82) is 0 Å². The summed E-state index contributed by atoms with van der Waals surface area (Å²) < 4.78 is 5.02. The van der Waals surface area contributed by atoms with Gasteiger partial charge >= 0.3 is 0 Å². The van der Waals surface area contributed by atoms with E-state index >= 15 is 0 Å². The molecule has 2 N–H and O–H groups in total. The van der Waals surface area contributed by atoms with Gasteiger partial charge < -0.3 is 15.4 Å². The quantitative estimate of drug-likeness (QED) is 0.901. The van der Waals surface area contributed by atoms with Crippen molar-refractivity contribution in [3.63, 3.8) is 0 Å². The van der Waals surface area contributed by atoms with E-state index in [1.165, 1.54) is 0 Å². The molecule has 1 aliphatic heterocycles. The van der Waals surface area contributed by atoms with Gasteiger partial charge in [-0.15, -0.1) is 0 Å². The number of likely N-dealkylation sites (N-methyl/N-ethyl adjacent to an activating group) is 1. The van der Waals surface area contributed by atoms with E-state index < -0.39 is 0 Å². The van der Waals surface area contributed by atoms with Crippen LogP contribution in [0.25, 0.3) is 0 Å². The molecule has 2 rings (SSSR count). The van der Waals surface area contributed by atoms with E-state index in [1.807, 2.05) is 24.3 Å². The number of nitrogens with two attached hydrogens (primary N) is 1. The van der Waals surface area contributed by atoms with E-state index in [0.29, 0.717) is 23.9 Å². The van der Waals surface area contributed by atoms with Crippen LogP contribution in [0.5, 0.6) is 0 Å². The molecular formula is C16H23N3O2S. The molecule has 1 aromatic rings. The number of carbonyl (C=O) groups excluding carboxylic acids is 1. The molecule has 1 amide bonds. The Bertz CT molecular complexity index is 576. The number of hydrogen-bond donors (Lipinski definition) is 1. The summed E-state index contributed by atoms with van der Waals surface area (Å²) in [4.78, 5) is 18.7. The van der Waals surface area contributed by atoms with E-state index in [2.05, 4.69) is 11.9 Å². The fourth-order valence-corrected chi connectivity index (χ4v) is 3.41. The maximum atomic E-state index is 12.5. The zero-order valence-electron chi connectivity index (χ0n) is 13.3. The summed E-state index contributed by atoms with van der Waals surface area (Å²) in [5, 5.41) is 0.614. The van der Waals surface area contributed by atoms with Gasteiger partial charge in [-0.1, -0.05) is 23.9 Å². The molecule has 120 valence electrons. The highest BCUT2D eigenvalue weighted by Crippen LogP contribution is 2.35. The first-order chi connectivity index (χ1) is 10.5. The van der Waals surface area contributed by atoms with Crippen molar-refractivity contribution in [3.8, 4) is 0 Å². The lowest BCUT2D eigenvalue weighted by atomic mass is 9.88. The summed E-state index contributed by atoms with van der Waals surface area (Å²) in [7, 11) is 3.41. The number of amidine groups is 1. The topological polar surface area (TPSA) is 67.9 Å². The molecule has 1 unspecified atom stereocenters. The van der Waals surface area contributed by atoms with E-state index in [-0.39, 0.29) is 11.4 Å². The van der Waals surface area contributed by atoms with Crippen LogP contribution in [0.15, 0.2) is 29.3 Å². The Hall–Kier alpha value is -1.53. The Morgan fingerprint density at radius 1 is 1.55 bits per heavy atom. The van der Waals surface area contributed by atoms with Gasteiger partial charge in [-0.3, -0.25) is 9.79 Å². The Kier molecular flexibility index (Phi) is 5.47. The number of hydrogen-bond acceptors (Lipinski definition) is 5. The fraction of sp³-hybridized carbons (Fsp3) is 0.500. The largest absolute Gasteiger partial charge is 0.383 e. The first-order valence-electron chi connectivity index (χ1n) is 7.29. The van der Waals surface area contributed by atoms with Crippen LogP contribution in [0.3, 0.4) is 0 Å². The van der Waals surface area contributed by atoms with E-state index in [4.69, 9.17) is 10.5 Å². The summed E-state index contributed by atoms with van der Waals surface area (Å²) in [6, 6.07) is 7.69. The summed E-state index contributed by atoms with van der Waals surface area (Å²) in [6.07, 6.45) is 0.912. The van der Waals surface area contributed by atoms with Crippen molar-refractivity contribution in [3.05, 3.63) is 35.4 Å². The first-order valence-corrected chi connectivity index (χ1v) is 8.28. The lowest BCUT2D eigenvalue weighted by Crippen LogP contribution is -2.31. The van der Waals surface area contributed by atoms with Crippen molar-refractivity contribution >= 4 is 22.8 Å².